The van der Waals surface area contributed by atoms with Gasteiger partial charge >= 0.3 is 0 Å². The van der Waals surface area contributed by atoms with Crippen LogP contribution in [0.3, 0.4) is 0 Å². The van der Waals surface area contributed by atoms with E-state index < -0.39 is 0 Å². The van der Waals surface area contributed by atoms with Crippen LogP contribution in [0.25, 0.3) is 0 Å². The lowest BCUT2D eigenvalue weighted by Gasteiger charge is -2.18. The van der Waals surface area contributed by atoms with Crippen LogP contribution in [0, 0.1) is 6.92 Å². The minimum atomic E-state index is -0.00414. The molecule has 1 unspecified atom stereocenters. The Morgan fingerprint density at radius 1 is 1.07 bits per heavy atom. The maximum Gasteiger partial charge on any atom is 0.241 e. The second-order valence-corrected chi connectivity index (χ2v) is 7.35. The summed E-state index contributed by atoms with van der Waals surface area (Å²) in [5.41, 5.74) is 3.58. The van der Waals surface area contributed by atoms with E-state index >= 15 is 0 Å². The number of hydrogen-bond acceptors (Lipinski definition) is 3. The fourth-order valence-corrected chi connectivity index (χ4v) is 2.66. The number of methoxy groups -OCH3 is 1. The van der Waals surface area contributed by atoms with Crippen LogP contribution in [0.5, 0.6) is 5.75 Å². The average Bonchev–Trinajstić information content (AvgIpc) is 2.73. The maximum atomic E-state index is 12.0. The number of nitrogens with one attached hydrogen (secondary N) is 2. The summed E-state index contributed by atoms with van der Waals surface area (Å²) in [6.07, 6.45) is 0. The number of ether oxygens (including phenoxy) is 1. The Kier molecular flexibility index (Phi) is 11.2. The van der Waals surface area contributed by atoms with Gasteiger partial charge in [-0.05, 0) is 36.1 Å². The lowest BCUT2D eigenvalue weighted by Crippen LogP contribution is -2.43. The largest absolute Gasteiger partial charge is 0.497 e. The van der Waals surface area contributed by atoms with Gasteiger partial charge in [-0.1, -0.05) is 48.9 Å². The molecule has 2 rings (SSSR count). The standard InChI is InChI=1S/C23H32N4O2.HI/c1-17-6-10-20(11-7-17)18(2)14-24-23(26-16-22(28)27(3)4)25-15-19-8-12-21(29-5)13-9-19;/h6-13,18H,14-16H2,1-5H3,(H2,24,25,26);1H. The van der Waals surface area contributed by atoms with E-state index in [-0.39, 0.29) is 36.4 Å². The summed E-state index contributed by atoms with van der Waals surface area (Å²) in [4.78, 5) is 18.2. The molecule has 1 atom stereocenters. The molecule has 0 bridgehead atoms. The molecule has 7 heteroatoms. The molecular formula is C23H33IN4O2. The highest BCUT2D eigenvalue weighted by atomic mass is 127. The van der Waals surface area contributed by atoms with Crippen molar-refractivity contribution in [2.75, 3.05) is 34.3 Å². The van der Waals surface area contributed by atoms with Gasteiger partial charge < -0.3 is 20.3 Å². The van der Waals surface area contributed by atoms with Crippen LogP contribution in [-0.4, -0.2) is 51.1 Å². The third-order valence-electron chi connectivity index (χ3n) is 4.71. The van der Waals surface area contributed by atoms with Crippen molar-refractivity contribution in [1.29, 1.82) is 0 Å². The number of rotatable bonds is 8. The summed E-state index contributed by atoms with van der Waals surface area (Å²) in [7, 11) is 5.13. The van der Waals surface area contributed by atoms with E-state index in [1.807, 2.05) is 24.3 Å². The normalized spacial score (nSPS) is 11.8. The quantitative estimate of drug-likeness (QED) is 0.315. The van der Waals surface area contributed by atoms with E-state index in [2.05, 4.69) is 53.7 Å². The van der Waals surface area contributed by atoms with Crippen LogP contribution in [0.4, 0.5) is 0 Å². The van der Waals surface area contributed by atoms with Crippen molar-refractivity contribution in [3.63, 3.8) is 0 Å². The van der Waals surface area contributed by atoms with Gasteiger partial charge in [-0.3, -0.25) is 4.79 Å². The Labute approximate surface area is 197 Å². The Morgan fingerprint density at radius 2 is 1.70 bits per heavy atom. The highest BCUT2D eigenvalue weighted by Gasteiger charge is 2.09. The number of aryl methyl sites for hydroxylation is 1. The summed E-state index contributed by atoms with van der Waals surface area (Å²) >= 11 is 0. The van der Waals surface area contributed by atoms with Crippen LogP contribution >= 0.6 is 24.0 Å². The van der Waals surface area contributed by atoms with Crippen LogP contribution in [0.2, 0.25) is 0 Å². The highest BCUT2D eigenvalue weighted by Crippen LogP contribution is 2.15. The first-order valence-corrected chi connectivity index (χ1v) is 9.81. The minimum Gasteiger partial charge on any atom is -0.497 e. The van der Waals surface area contributed by atoms with Gasteiger partial charge in [-0.15, -0.1) is 24.0 Å². The number of hydrogen-bond donors (Lipinski definition) is 2. The molecule has 0 aliphatic heterocycles. The van der Waals surface area contributed by atoms with E-state index in [0.29, 0.717) is 25.0 Å². The van der Waals surface area contributed by atoms with Gasteiger partial charge in [0.25, 0.3) is 0 Å². The second-order valence-electron chi connectivity index (χ2n) is 7.35. The van der Waals surface area contributed by atoms with E-state index in [9.17, 15) is 4.79 Å². The fraction of sp³-hybridized carbons (Fsp3) is 0.391. The number of guanidine groups is 1. The van der Waals surface area contributed by atoms with Crippen molar-refractivity contribution >= 4 is 35.8 Å². The number of likely N-dealkylation sites (N-methyl/N-ethyl adjacent to an activating group) is 1. The number of aliphatic imine (C=N–C) groups is 1. The molecule has 2 aromatic carbocycles. The molecule has 0 heterocycles. The molecule has 0 aliphatic carbocycles. The lowest BCUT2D eigenvalue weighted by molar-refractivity contribution is -0.127. The van der Waals surface area contributed by atoms with Crippen molar-refractivity contribution < 1.29 is 9.53 Å². The van der Waals surface area contributed by atoms with Gasteiger partial charge in [-0.25, -0.2) is 4.99 Å². The topological polar surface area (TPSA) is 66.0 Å². The highest BCUT2D eigenvalue weighted by molar-refractivity contribution is 14.0. The van der Waals surface area contributed by atoms with E-state index in [1.54, 1.807) is 26.1 Å². The average molecular weight is 524 g/mol. The number of halogens is 1. The van der Waals surface area contributed by atoms with Gasteiger partial charge in [-0.2, -0.15) is 0 Å². The van der Waals surface area contributed by atoms with Gasteiger partial charge in [0.05, 0.1) is 20.2 Å². The molecular weight excluding hydrogens is 491 g/mol. The first-order valence-electron chi connectivity index (χ1n) is 9.81. The lowest BCUT2D eigenvalue weighted by atomic mass is 10.0. The molecule has 0 radical (unpaired) electrons. The SMILES string of the molecule is COc1ccc(CN=C(NCC(=O)N(C)C)NCC(C)c2ccc(C)cc2)cc1.I. The Hall–Kier alpha value is -2.29. The van der Waals surface area contributed by atoms with Crippen LogP contribution < -0.4 is 15.4 Å². The zero-order chi connectivity index (χ0) is 21.2. The summed E-state index contributed by atoms with van der Waals surface area (Å²) in [5, 5.41) is 6.50. The maximum absolute atomic E-state index is 12.0. The molecule has 0 fully saturated rings. The van der Waals surface area contributed by atoms with Gasteiger partial charge in [0.1, 0.15) is 5.75 Å². The Morgan fingerprint density at radius 3 is 2.27 bits per heavy atom. The van der Waals surface area contributed by atoms with Crippen molar-refractivity contribution in [2.45, 2.75) is 26.3 Å². The number of carbonyl (C=O) groups excluding carboxylic acids is 1. The molecule has 0 saturated carbocycles. The second kappa shape index (κ2) is 13.1. The van der Waals surface area contributed by atoms with E-state index in [0.717, 1.165) is 11.3 Å². The third kappa shape index (κ3) is 8.61. The van der Waals surface area contributed by atoms with Crippen molar-refractivity contribution in [3.8, 4) is 5.75 Å². The Bertz CT molecular complexity index is 805. The summed E-state index contributed by atoms with van der Waals surface area (Å²) in [6, 6.07) is 16.4. The molecule has 0 saturated heterocycles. The molecule has 1 amide bonds. The first kappa shape index (κ1) is 25.7. The smallest absolute Gasteiger partial charge is 0.241 e. The monoisotopic (exact) mass is 524 g/mol. The van der Waals surface area contributed by atoms with Crippen LogP contribution in [0.1, 0.15) is 29.5 Å². The summed E-state index contributed by atoms with van der Waals surface area (Å²) in [6.45, 7) is 5.68. The zero-order valence-corrected chi connectivity index (χ0v) is 20.8. The number of nitrogens with zero attached hydrogens (tertiary/aromatic N) is 2. The van der Waals surface area contributed by atoms with Gasteiger partial charge in [0.2, 0.25) is 5.91 Å². The predicted octanol–water partition coefficient (Wildman–Crippen LogP) is 3.55. The number of carbonyl (C=O) groups is 1. The fourth-order valence-electron chi connectivity index (χ4n) is 2.66. The molecule has 0 spiro atoms. The minimum absolute atomic E-state index is 0. The van der Waals surface area contributed by atoms with Crippen molar-refractivity contribution in [3.05, 3.63) is 65.2 Å². The summed E-state index contributed by atoms with van der Waals surface area (Å²) < 4.78 is 5.19. The number of benzene rings is 2. The summed E-state index contributed by atoms with van der Waals surface area (Å²) in [5.74, 6) is 1.75. The zero-order valence-electron chi connectivity index (χ0n) is 18.4. The first-order chi connectivity index (χ1) is 13.9. The van der Waals surface area contributed by atoms with Crippen LogP contribution in [0.15, 0.2) is 53.5 Å². The third-order valence-corrected chi connectivity index (χ3v) is 4.71. The molecule has 0 aromatic heterocycles. The van der Waals surface area contributed by atoms with Crippen molar-refractivity contribution in [2.24, 2.45) is 4.99 Å². The molecule has 2 N–H and O–H groups in total. The predicted molar refractivity (Wildman–Crippen MR) is 134 cm³/mol. The van der Waals surface area contributed by atoms with Crippen molar-refractivity contribution in [1.82, 2.24) is 15.5 Å². The Balaban J connectivity index is 0.00000450. The molecule has 0 aliphatic rings. The van der Waals surface area contributed by atoms with Crippen LogP contribution in [-0.2, 0) is 11.3 Å². The molecule has 6 nitrogen and oxygen atoms in total. The van der Waals surface area contributed by atoms with Gasteiger partial charge in [0.15, 0.2) is 5.96 Å². The van der Waals surface area contributed by atoms with Gasteiger partial charge in [0, 0.05) is 20.6 Å². The molecule has 164 valence electrons. The molecule has 2 aromatic rings. The number of amides is 1. The van der Waals surface area contributed by atoms with E-state index in [1.165, 1.54) is 11.1 Å². The molecule has 30 heavy (non-hydrogen) atoms. The van der Waals surface area contributed by atoms with E-state index in [4.69, 9.17) is 4.74 Å².